The lowest BCUT2D eigenvalue weighted by atomic mass is 10.1. The van der Waals surface area contributed by atoms with Crippen molar-refractivity contribution in [2.75, 3.05) is 31.1 Å². The summed E-state index contributed by atoms with van der Waals surface area (Å²) in [5, 5.41) is 2.46. The molecule has 0 radical (unpaired) electrons. The first-order valence-corrected chi connectivity index (χ1v) is 12.4. The molecule has 8 nitrogen and oxygen atoms in total. The number of carbonyl (C=O) groups excluding carboxylic acids is 3. The van der Waals surface area contributed by atoms with E-state index in [1.807, 2.05) is 42.5 Å². The molecule has 0 saturated carbocycles. The second-order valence-corrected chi connectivity index (χ2v) is 9.18. The van der Waals surface area contributed by atoms with E-state index in [2.05, 4.69) is 32.2 Å². The predicted molar refractivity (Wildman–Crippen MR) is 143 cm³/mol. The van der Waals surface area contributed by atoms with Crippen LogP contribution in [0, 0.1) is 0 Å². The van der Waals surface area contributed by atoms with Crippen molar-refractivity contribution < 1.29 is 14.4 Å². The second kappa shape index (κ2) is 10.8. The average molecular weight is 496 g/mol. The van der Waals surface area contributed by atoms with E-state index in [0.29, 0.717) is 30.9 Å². The number of nitrogens with one attached hydrogen (secondary N) is 1. The topological polar surface area (TPSA) is 85.3 Å². The highest BCUT2D eigenvalue weighted by Crippen LogP contribution is 2.29. The lowest BCUT2D eigenvalue weighted by Gasteiger charge is -2.44. The van der Waals surface area contributed by atoms with E-state index in [1.165, 1.54) is 0 Å². The average Bonchev–Trinajstić information content (AvgIpc) is 2.94. The third-order valence-electron chi connectivity index (χ3n) is 6.74. The minimum absolute atomic E-state index is 0.0636. The maximum atomic E-state index is 13.4. The quantitative estimate of drug-likeness (QED) is 0.529. The van der Waals surface area contributed by atoms with Crippen LogP contribution < -0.4 is 10.2 Å². The fourth-order valence-electron chi connectivity index (χ4n) is 4.93. The summed E-state index contributed by atoms with van der Waals surface area (Å²) in [5.41, 5.74) is 3.10. The lowest BCUT2D eigenvalue weighted by Crippen LogP contribution is -2.62. The fraction of sp³-hybridized carbons (Fsp3) is 0.241. The number of ketones is 1. The predicted octanol–water partition coefficient (Wildman–Crippen LogP) is 3.23. The summed E-state index contributed by atoms with van der Waals surface area (Å²) in [4.78, 5) is 50.0. The molecule has 1 unspecified atom stereocenters. The van der Waals surface area contributed by atoms with Gasteiger partial charge in [-0.1, -0.05) is 54.6 Å². The molecule has 0 aromatic heterocycles. The third kappa shape index (κ3) is 5.29. The number of hydrogen-bond acceptors (Lipinski definition) is 7. The van der Waals surface area contributed by atoms with Crippen LogP contribution >= 0.6 is 0 Å². The number of hydrogen-bond donors (Lipinski definition) is 1. The van der Waals surface area contributed by atoms with Gasteiger partial charge in [-0.15, -0.1) is 0 Å². The Morgan fingerprint density at radius 1 is 0.784 bits per heavy atom. The van der Waals surface area contributed by atoms with E-state index >= 15 is 0 Å². The summed E-state index contributed by atoms with van der Waals surface area (Å²) in [6.45, 7) is 4.68. The van der Waals surface area contributed by atoms with E-state index < -0.39 is 18.0 Å². The summed E-state index contributed by atoms with van der Waals surface area (Å²) in [6.07, 6.45) is -0.678. The van der Waals surface area contributed by atoms with E-state index in [0.717, 1.165) is 24.3 Å². The molecule has 1 N–H and O–H groups in total. The van der Waals surface area contributed by atoms with Gasteiger partial charge < -0.3 is 9.80 Å². The van der Waals surface area contributed by atoms with Crippen LogP contribution in [-0.4, -0.2) is 65.6 Å². The Kier molecular flexibility index (Phi) is 7.09. The molecule has 3 aromatic carbocycles. The van der Waals surface area contributed by atoms with Gasteiger partial charge in [-0.3, -0.25) is 24.6 Å². The Balaban J connectivity index is 1.40. The van der Waals surface area contributed by atoms with Gasteiger partial charge in [-0.05, 0) is 42.8 Å². The van der Waals surface area contributed by atoms with E-state index in [9.17, 15) is 14.4 Å². The van der Waals surface area contributed by atoms with Crippen molar-refractivity contribution in [2.24, 2.45) is 4.99 Å². The third-order valence-corrected chi connectivity index (χ3v) is 6.74. The summed E-state index contributed by atoms with van der Waals surface area (Å²) in [6, 6.07) is 26.3. The lowest BCUT2D eigenvalue weighted by molar-refractivity contribution is -0.127. The van der Waals surface area contributed by atoms with Crippen LogP contribution in [0.2, 0.25) is 0 Å². The minimum Gasteiger partial charge on any atom is -0.369 e. The van der Waals surface area contributed by atoms with Crippen LogP contribution in [0.25, 0.3) is 0 Å². The number of benzene rings is 3. The smallest absolute Gasteiger partial charge is 0.293 e. The highest BCUT2D eigenvalue weighted by Gasteiger charge is 2.38. The fourth-order valence-corrected chi connectivity index (χ4v) is 4.93. The number of fused-ring (bicyclic) bond motifs is 1. The van der Waals surface area contributed by atoms with Crippen LogP contribution in [0.3, 0.4) is 0 Å². The zero-order valence-corrected chi connectivity index (χ0v) is 20.7. The van der Waals surface area contributed by atoms with Gasteiger partial charge in [-0.25, -0.2) is 4.99 Å². The van der Waals surface area contributed by atoms with E-state index in [4.69, 9.17) is 0 Å². The van der Waals surface area contributed by atoms with Crippen LogP contribution in [0.1, 0.15) is 22.8 Å². The van der Waals surface area contributed by atoms with Gasteiger partial charge >= 0.3 is 0 Å². The van der Waals surface area contributed by atoms with E-state index in [-0.39, 0.29) is 11.6 Å². The summed E-state index contributed by atoms with van der Waals surface area (Å²) in [5.74, 6) is -1.16. The van der Waals surface area contributed by atoms with Crippen LogP contribution in [0.15, 0.2) is 89.9 Å². The summed E-state index contributed by atoms with van der Waals surface area (Å²) in [7, 11) is 0. The molecule has 37 heavy (non-hydrogen) atoms. The summed E-state index contributed by atoms with van der Waals surface area (Å²) < 4.78 is 0. The number of amides is 2. The molecule has 0 aliphatic carbocycles. The van der Waals surface area contributed by atoms with Crippen molar-refractivity contribution >= 4 is 34.8 Å². The van der Waals surface area contributed by atoms with Crippen molar-refractivity contribution in [2.45, 2.75) is 19.6 Å². The molecular formula is C29H29N5O3. The largest absolute Gasteiger partial charge is 0.369 e. The highest BCUT2D eigenvalue weighted by atomic mass is 16.2. The van der Waals surface area contributed by atoms with Gasteiger partial charge in [0.15, 0.2) is 11.6 Å². The molecule has 2 amide bonds. The number of rotatable bonds is 6. The molecule has 2 aliphatic rings. The van der Waals surface area contributed by atoms with Crippen molar-refractivity contribution in [3.05, 3.63) is 96.1 Å². The first-order chi connectivity index (χ1) is 18.0. The number of carbonyl (C=O) groups is 3. The monoisotopic (exact) mass is 495 g/mol. The number of amidine groups is 1. The van der Waals surface area contributed by atoms with Crippen molar-refractivity contribution in [3.63, 3.8) is 0 Å². The number of Topliss-reactive ketones (excluding diaryl/α,β-unsaturated/α-hetero) is 1. The zero-order valence-electron chi connectivity index (χ0n) is 20.7. The normalized spacial score (nSPS) is 16.4. The molecule has 5 rings (SSSR count). The molecule has 0 bridgehead atoms. The Morgan fingerprint density at radius 2 is 1.41 bits per heavy atom. The summed E-state index contributed by atoms with van der Waals surface area (Å²) >= 11 is 0. The number of anilines is 1. The molecule has 188 valence electrons. The maximum Gasteiger partial charge on any atom is 0.293 e. The van der Waals surface area contributed by atoms with Gasteiger partial charge in [0.2, 0.25) is 0 Å². The van der Waals surface area contributed by atoms with Crippen LogP contribution in [-0.2, 0) is 16.1 Å². The van der Waals surface area contributed by atoms with Crippen molar-refractivity contribution in [3.8, 4) is 0 Å². The standard InChI is InChI=1S/C29H29N5O3/c1-21(35)29(33-18-16-32(17-19-33)24-13-6-3-7-14-24)34-20-23-12-8-9-15-25(23)30-26(34)28(37)31-27(36)22-10-4-2-5-11-22/h2-15,29H,16-20H2,1H3,(H,31,36,37). The first-order valence-electron chi connectivity index (χ1n) is 12.4. The zero-order chi connectivity index (χ0) is 25.8. The molecule has 1 atom stereocenters. The first kappa shape index (κ1) is 24.4. The molecule has 8 heteroatoms. The maximum absolute atomic E-state index is 13.4. The number of nitrogens with zero attached hydrogens (tertiary/aromatic N) is 4. The second-order valence-electron chi connectivity index (χ2n) is 9.18. The highest BCUT2D eigenvalue weighted by molar-refractivity contribution is 6.41. The van der Waals surface area contributed by atoms with Crippen LogP contribution in [0.5, 0.6) is 0 Å². The number of piperazine rings is 1. The van der Waals surface area contributed by atoms with Crippen molar-refractivity contribution in [1.29, 1.82) is 0 Å². The molecule has 0 spiro atoms. The van der Waals surface area contributed by atoms with Gasteiger partial charge in [0, 0.05) is 44.0 Å². The molecule has 2 aliphatic heterocycles. The van der Waals surface area contributed by atoms with Gasteiger partial charge in [0.1, 0.15) is 6.17 Å². The molecule has 1 fully saturated rings. The SMILES string of the molecule is CC(=O)C(N1CCN(c2ccccc2)CC1)N1Cc2ccccc2N=C1C(=O)NC(=O)c1ccccc1. The van der Waals surface area contributed by atoms with Crippen LogP contribution in [0.4, 0.5) is 11.4 Å². The Labute approximate surface area is 216 Å². The van der Waals surface area contributed by atoms with Gasteiger partial charge in [0.25, 0.3) is 11.8 Å². The molecule has 3 aromatic rings. The van der Waals surface area contributed by atoms with Gasteiger partial charge in [0.05, 0.1) is 5.69 Å². The van der Waals surface area contributed by atoms with Crippen molar-refractivity contribution in [1.82, 2.24) is 15.1 Å². The molecule has 1 saturated heterocycles. The Hall–Kier alpha value is -4.30. The Morgan fingerprint density at radius 3 is 2.08 bits per heavy atom. The number of imide groups is 1. The van der Waals surface area contributed by atoms with Gasteiger partial charge in [-0.2, -0.15) is 0 Å². The number of para-hydroxylation sites is 2. The molecule has 2 heterocycles. The minimum atomic E-state index is -0.678. The number of aliphatic imine (C=N–C) groups is 1. The Bertz CT molecular complexity index is 1320. The molecular weight excluding hydrogens is 466 g/mol. The van der Waals surface area contributed by atoms with E-state index in [1.54, 1.807) is 42.2 Å².